The number of nitrogens with zero attached hydrogens (tertiary/aromatic N) is 3. The lowest BCUT2D eigenvalue weighted by Gasteiger charge is -2.22. The Morgan fingerprint density at radius 3 is 2.17 bits per heavy atom. The van der Waals surface area contributed by atoms with Gasteiger partial charge in [0.05, 0.1) is 29.3 Å². The molecular weight excluding hydrogens is 458 g/mol. The minimum Gasteiger partial charge on any atom is -0.481 e. The third-order valence-corrected chi connectivity index (χ3v) is 6.53. The molecule has 0 saturated carbocycles. The van der Waals surface area contributed by atoms with Crippen LogP contribution < -0.4 is 0 Å². The lowest BCUT2D eigenvalue weighted by Crippen LogP contribution is -2.36. The molecule has 0 saturated heterocycles. The Kier molecular flexibility index (Phi) is 7.64. The molecule has 8 nitrogen and oxygen atoms in total. The van der Waals surface area contributed by atoms with Crippen LogP contribution in [0.2, 0.25) is 0 Å². The summed E-state index contributed by atoms with van der Waals surface area (Å²) in [5.41, 5.74) is 3.70. The smallest absolute Gasteiger partial charge is 0.309 e. The van der Waals surface area contributed by atoms with Crippen molar-refractivity contribution in [2.45, 2.75) is 45.8 Å². The van der Waals surface area contributed by atoms with Gasteiger partial charge < -0.3 is 10.2 Å². The van der Waals surface area contributed by atoms with Crippen molar-refractivity contribution in [3.8, 4) is 11.1 Å². The highest BCUT2D eigenvalue weighted by atomic mass is 16.4. The van der Waals surface area contributed by atoms with E-state index in [1.165, 1.54) is 0 Å². The van der Waals surface area contributed by atoms with E-state index in [9.17, 15) is 24.6 Å². The van der Waals surface area contributed by atoms with Gasteiger partial charge in [-0.2, -0.15) is 5.10 Å². The number of imide groups is 1. The summed E-state index contributed by atoms with van der Waals surface area (Å²) in [5, 5.41) is 24.7. The summed E-state index contributed by atoms with van der Waals surface area (Å²) in [7, 11) is 0. The fourth-order valence-electron chi connectivity index (χ4n) is 4.56. The minimum atomic E-state index is -1.15. The van der Waals surface area contributed by atoms with Gasteiger partial charge in [-0.05, 0) is 48.4 Å². The van der Waals surface area contributed by atoms with Crippen LogP contribution in [-0.4, -0.2) is 55.3 Å². The third-order valence-electron chi connectivity index (χ3n) is 6.53. The fraction of sp³-hybridized carbons (Fsp3) is 0.357. The Morgan fingerprint density at radius 1 is 0.944 bits per heavy atom. The Hall–Kier alpha value is -3.78. The first-order chi connectivity index (χ1) is 17.2. The summed E-state index contributed by atoms with van der Waals surface area (Å²) < 4.78 is 1.93. The molecule has 1 aromatic heterocycles. The number of aliphatic carboxylic acids is 1. The summed E-state index contributed by atoms with van der Waals surface area (Å²) in [6.07, 6.45) is 3.50. The molecule has 8 heteroatoms. The highest BCUT2D eigenvalue weighted by Gasteiger charge is 2.36. The lowest BCUT2D eigenvalue weighted by atomic mass is 9.93. The van der Waals surface area contributed by atoms with Crippen LogP contribution in [0.5, 0.6) is 0 Å². The number of carboxylic acids is 1. The van der Waals surface area contributed by atoms with E-state index >= 15 is 0 Å². The molecule has 2 amide bonds. The molecule has 4 rings (SSSR count). The molecule has 3 aromatic rings. The highest BCUT2D eigenvalue weighted by Crippen LogP contribution is 2.25. The number of aliphatic hydroxyl groups is 1. The average Bonchev–Trinajstić information content (AvgIpc) is 3.41. The van der Waals surface area contributed by atoms with Crippen LogP contribution in [0.1, 0.15) is 53.0 Å². The van der Waals surface area contributed by atoms with Crippen LogP contribution in [0.4, 0.5) is 0 Å². The van der Waals surface area contributed by atoms with Crippen LogP contribution >= 0.6 is 0 Å². The van der Waals surface area contributed by atoms with Gasteiger partial charge in [-0.25, -0.2) is 0 Å². The standard InChI is InChI=1S/C28H31N3O5/c1-18(2)16-30-17-21(15-29-30)20-10-7-19(8-11-20)9-12-25(32)24(28(35)36)13-14-31-26(33)22-5-3-4-6-23(22)27(31)34/h3-8,10-11,15,17-18,24-25,32H,9,12-14,16H2,1-2H3,(H,35,36)/t24-,25+/m0/s1. The van der Waals surface area contributed by atoms with Gasteiger partial charge in [0.1, 0.15) is 0 Å². The van der Waals surface area contributed by atoms with Gasteiger partial charge >= 0.3 is 5.97 Å². The van der Waals surface area contributed by atoms with Crippen LogP contribution in [0.15, 0.2) is 60.9 Å². The van der Waals surface area contributed by atoms with Crippen molar-refractivity contribution in [3.63, 3.8) is 0 Å². The van der Waals surface area contributed by atoms with Crippen molar-refractivity contribution >= 4 is 17.8 Å². The SMILES string of the molecule is CC(C)Cn1cc(-c2ccc(CC[C@@H](O)[C@H](CCN3C(=O)c4ccccc4C3=O)C(=O)O)cc2)cn1. The summed E-state index contributed by atoms with van der Waals surface area (Å²) in [4.78, 5) is 38.0. The van der Waals surface area contributed by atoms with Gasteiger partial charge in [-0.3, -0.25) is 24.0 Å². The zero-order chi connectivity index (χ0) is 25.8. The van der Waals surface area contributed by atoms with Gasteiger partial charge in [0, 0.05) is 24.8 Å². The molecule has 1 aliphatic rings. The van der Waals surface area contributed by atoms with Crippen molar-refractivity contribution in [3.05, 3.63) is 77.6 Å². The monoisotopic (exact) mass is 489 g/mol. The molecule has 2 heterocycles. The van der Waals surface area contributed by atoms with Crippen molar-refractivity contribution in [2.75, 3.05) is 6.54 Å². The minimum absolute atomic E-state index is 0.0126. The Bertz CT molecular complexity index is 1210. The lowest BCUT2D eigenvalue weighted by molar-refractivity contribution is -0.146. The second-order valence-electron chi connectivity index (χ2n) is 9.69. The maximum atomic E-state index is 12.5. The van der Waals surface area contributed by atoms with E-state index in [0.717, 1.165) is 28.1 Å². The third kappa shape index (κ3) is 5.54. The van der Waals surface area contributed by atoms with E-state index in [4.69, 9.17) is 0 Å². The van der Waals surface area contributed by atoms with Gasteiger partial charge in [0.15, 0.2) is 0 Å². The predicted octanol–water partition coefficient (Wildman–Crippen LogP) is 3.89. The molecule has 1 aliphatic heterocycles. The van der Waals surface area contributed by atoms with E-state index in [-0.39, 0.29) is 19.4 Å². The molecule has 0 fully saturated rings. The molecule has 0 bridgehead atoms. The second kappa shape index (κ2) is 10.9. The second-order valence-corrected chi connectivity index (χ2v) is 9.69. The molecule has 0 unspecified atom stereocenters. The van der Waals surface area contributed by atoms with Crippen LogP contribution in [0.25, 0.3) is 11.1 Å². The van der Waals surface area contributed by atoms with Crippen LogP contribution in [-0.2, 0) is 17.8 Å². The number of fused-ring (bicyclic) bond motifs is 1. The van der Waals surface area contributed by atoms with Crippen molar-refractivity contribution in [1.82, 2.24) is 14.7 Å². The number of carbonyl (C=O) groups is 3. The molecular formula is C28H31N3O5. The van der Waals surface area contributed by atoms with Gasteiger partial charge in [-0.1, -0.05) is 50.2 Å². The van der Waals surface area contributed by atoms with Crippen molar-refractivity contribution in [2.24, 2.45) is 11.8 Å². The summed E-state index contributed by atoms with van der Waals surface area (Å²) in [6, 6.07) is 14.5. The summed E-state index contributed by atoms with van der Waals surface area (Å²) >= 11 is 0. The van der Waals surface area contributed by atoms with E-state index < -0.39 is 29.8 Å². The first-order valence-electron chi connectivity index (χ1n) is 12.2. The molecule has 2 N–H and O–H groups in total. The number of aromatic nitrogens is 2. The van der Waals surface area contributed by atoms with Gasteiger partial charge in [0.2, 0.25) is 0 Å². The maximum absolute atomic E-state index is 12.5. The topological polar surface area (TPSA) is 113 Å². The predicted molar refractivity (Wildman–Crippen MR) is 134 cm³/mol. The molecule has 0 aliphatic carbocycles. The first kappa shape index (κ1) is 25.3. The van der Waals surface area contributed by atoms with Gasteiger partial charge in [0.25, 0.3) is 11.8 Å². The Labute approximate surface area is 210 Å². The fourth-order valence-corrected chi connectivity index (χ4v) is 4.56. The highest BCUT2D eigenvalue weighted by molar-refractivity contribution is 6.21. The number of amides is 2. The molecule has 2 aromatic carbocycles. The van der Waals surface area contributed by atoms with E-state index in [0.29, 0.717) is 23.5 Å². The zero-order valence-electron chi connectivity index (χ0n) is 20.5. The number of hydrogen-bond donors (Lipinski definition) is 2. The Morgan fingerprint density at radius 2 is 1.58 bits per heavy atom. The number of benzene rings is 2. The molecule has 188 valence electrons. The number of aliphatic hydroxyl groups excluding tert-OH is 1. The largest absolute Gasteiger partial charge is 0.481 e. The first-order valence-corrected chi connectivity index (χ1v) is 12.2. The molecule has 2 atom stereocenters. The summed E-state index contributed by atoms with van der Waals surface area (Å²) in [6.45, 7) is 5.08. The molecule has 0 radical (unpaired) electrons. The molecule has 36 heavy (non-hydrogen) atoms. The number of carboxylic acid groups (broad SMARTS) is 1. The number of aryl methyl sites for hydroxylation is 1. The van der Waals surface area contributed by atoms with Crippen molar-refractivity contribution < 1.29 is 24.6 Å². The van der Waals surface area contributed by atoms with Gasteiger partial charge in [-0.15, -0.1) is 0 Å². The normalized spacial score (nSPS) is 14.8. The number of rotatable bonds is 11. The quantitative estimate of drug-likeness (QED) is 0.395. The molecule has 0 spiro atoms. The summed E-state index contributed by atoms with van der Waals surface area (Å²) in [5.74, 6) is -2.57. The maximum Gasteiger partial charge on any atom is 0.309 e. The van der Waals surface area contributed by atoms with Crippen molar-refractivity contribution in [1.29, 1.82) is 0 Å². The van der Waals surface area contributed by atoms with E-state index in [2.05, 4.69) is 18.9 Å². The van der Waals surface area contributed by atoms with Crippen LogP contribution in [0, 0.1) is 11.8 Å². The number of hydrogen-bond acceptors (Lipinski definition) is 5. The Balaban J connectivity index is 1.32. The van der Waals surface area contributed by atoms with E-state index in [1.807, 2.05) is 41.3 Å². The number of carbonyl (C=O) groups excluding carboxylic acids is 2. The average molecular weight is 490 g/mol. The van der Waals surface area contributed by atoms with E-state index in [1.54, 1.807) is 24.3 Å². The zero-order valence-corrected chi connectivity index (χ0v) is 20.5. The van der Waals surface area contributed by atoms with Crippen LogP contribution in [0.3, 0.4) is 0 Å².